The van der Waals surface area contributed by atoms with Crippen LogP contribution in [0.4, 0.5) is 17.1 Å². The van der Waals surface area contributed by atoms with Crippen LogP contribution in [-0.4, -0.2) is 17.9 Å². The van der Waals surface area contributed by atoms with Crippen molar-refractivity contribution in [2.45, 2.75) is 6.42 Å². The molecule has 0 saturated carbocycles. The molecule has 1 rings (SSSR count). The summed E-state index contributed by atoms with van der Waals surface area (Å²) in [6, 6.07) is 5.72. The second kappa shape index (κ2) is 5.46. The first-order valence-electron chi connectivity index (χ1n) is 4.71. The first-order valence-corrected chi connectivity index (χ1v) is 4.71. The van der Waals surface area contributed by atoms with Crippen molar-refractivity contribution in [2.75, 3.05) is 17.7 Å². The predicted octanol–water partition coefficient (Wildman–Crippen LogP) is 1.49. The molecule has 0 atom stereocenters. The Kier molecular flexibility index (Phi) is 4.00. The molecule has 0 fully saturated rings. The number of nitrogens with one attached hydrogen (secondary N) is 2. The molecule has 17 heavy (non-hydrogen) atoms. The summed E-state index contributed by atoms with van der Waals surface area (Å²) in [6.07, 6.45) is -0.264. The second-order valence-corrected chi connectivity index (χ2v) is 3.12. The number of amides is 1. The summed E-state index contributed by atoms with van der Waals surface area (Å²) in [5.41, 5.74) is 0.747. The number of rotatable bonds is 4. The van der Waals surface area contributed by atoms with Gasteiger partial charge in [0.05, 0.1) is 22.4 Å². The lowest BCUT2D eigenvalue weighted by molar-refractivity contribution is -0.384. The van der Waals surface area contributed by atoms with E-state index in [1.165, 1.54) is 18.2 Å². The fraction of sp³-hybridized carbons (Fsp3) is 0.200. The summed E-state index contributed by atoms with van der Waals surface area (Å²) >= 11 is 0. The minimum atomic E-state index is -0.526. The number of nitrogens with zero attached hydrogens (tertiary/aromatic N) is 2. The van der Waals surface area contributed by atoms with Crippen molar-refractivity contribution in [1.82, 2.24) is 0 Å². The largest absolute Gasteiger partial charge is 0.386 e. The lowest BCUT2D eigenvalue weighted by Gasteiger charge is -2.09. The molecule has 0 aliphatic heterocycles. The van der Waals surface area contributed by atoms with Gasteiger partial charge >= 0.3 is 0 Å². The van der Waals surface area contributed by atoms with Crippen LogP contribution in [0.3, 0.4) is 0 Å². The SMILES string of the molecule is CNc1cc([N+](=O)[O-])ccc1NC(=O)CC#N. The molecule has 0 aliphatic rings. The number of carbonyl (C=O) groups excluding carboxylic acids is 1. The van der Waals surface area contributed by atoms with Gasteiger partial charge in [-0.25, -0.2) is 0 Å². The third-order valence-corrected chi connectivity index (χ3v) is 2.00. The molecule has 0 spiro atoms. The van der Waals surface area contributed by atoms with Crippen molar-refractivity contribution in [3.8, 4) is 6.07 Å². The molecule has 7 heteroatoms. The molecule has 0 saturated heterocycles. The van der Waals surface area contributed by atoms with Crippen LogP contribution in [0.15, 0.2) is 18.2 Å². The fourth-order valence-corrected chi connectivity index (χ4v) is 1.23. The maximum atomic E-state index is 11.2. The van der Waals surface area contributed by atoms with Gasteiger partial charge in [0, 0.05) is 19.2 Å². The summed E-state index contributed by atoms with van der Waals surface area (Å²) in [5.74, 6) is -0.460. The van der Waals surface area contributed by atoms with Gasteiger partial charge in [0.15, 0.2) is 0 Å². The van der Waals surface area contributed by atoms with Gasteiger partial charge in [0.2, 0.25) is 5.91 Å². The standard InChI is InChI=1S/C10H10N4O3/c1-12-9-6-7(14(16)17)2-3-8(9)13-10(15)4-5-11/h2-3,6,12H,4H2,1H3,(H,13,15). The first-order chi connectivity index (χ1) is 8.08. The summed E-state index contributed by atoms with van der Waals surface area (Å²) in [4.78, 5) is 21.2. The highest BCUT2D eigenvalue weighted by Crippen LogP contribution is 2.26. The number of nitro benzene ring substituents is 1. The number of anilines is 2. The lowest BCUT2D eigenvalue weighted by atomic mass is 10.2. The number of nitro groups is 1. The highest BCUT2D eigenvalue weighted by molar-refractivity contribution is 5.95. The molecular weight excluding hydrogens is 224 g/mol. The van der Waals surface area contributed by atoms with Gasteiger partial charge in [-0.3, -0.25) is 14.9 Å². The van der Waals surface area contributed by atoms with Gasteiger partial charge in [-0.2, -0.15) is 5.26 Å². The van der Waals surface area contributed by atoms with Gasteiger partial charge in [-0.05, 0) is 6.07 Å². The molecular formula is C10H10N4O3. The molecule has 1 aromatic carbocycles. The highest BCUT2D eigenvalue weighted by atomic mass is 16.6. The van der Waals surface area contributed by atoms with Crippen molar-refractivity contribution >= 4 is 23.0 Å². The fourth-order valence-electron chi connectivity index (χ4n) is 1.23. The Labute approximate surface area is 97.2 Å². The van der Waals surface area contributed by atoms with E-state index in [1.54, 1.807) is 13.1 Å². The number of carbonyl (C=O) groups is 1. The molecule has 0 aliphatic carbocycles. The zero-order chi connectivity index (χ0) is 12.8. The van der Waals surface area contributed by atoms with E-state index in [9.17, 15) is 14.9 Å². The Bertz CT molecular complexity index is 493. The van der Waals surface area contributed by atoms with Crippen LogP contribution in [0.2, 0.25) is 0 Å². The van der Waals surface area contributed by atoms with Crippen molar-refractivity contribution < 1.29 is 9.72 Å². The number of hydrogen-bond acceptors (Lipinski definition) is 5. The number of non-ortho nitro benzene ring substituents is 1. The molecule has 1 amide bonds. The van der Waals surface area contributed by atoms with Crippen molar-refractivity contribution in [3.63, 3.8) is 0 Å². The quantitative estimate of drug-likeness (QED) is 0.606. The summed E-state index contributed by atoms with van der Waals surface area (Å²) < 4.78 is 0. The minimum absolute atomic E-state index is 0.0763. The Hall–Kier alpha value is -2.62. The van der Waals surface area contributed by atoms with Gasteiger partial charge in [-0.15, -0.1) is 0 Å². The van der Waals surface area contributed by atoms with Crippen LogP contribution >= 0.6 is 0 Å². The summed E-state index contributed by atoms with van der Waals surface area (Å²) in [7, 11) is 1.58. The van der Waals surface area contributed by atoms with Crippen molar-refractivity contribution in [2.24, 2.45) is 0 Å². The van der Waals surface area contributed by atoms with Crippen LogP contribution in [0.25, 0.3) is 0 Å². The third kappa shape index (κ3) is 3.17. The van der Waals surface area contributed by atoms with Crippen LogP contribution in [0.5, 0.6) is 0 Å². The van der Waals surface area contributed by atoms with E-state index in [4.69, 9.17) is 5.26 Å². The van der Waals surface area contributed by atoms with Gasteiger partial charge in [0.1, 0.15) is 6.42 Å². The van der Waals surface area contributed by atoms with Gasteiger partial charge in [-0.1, -0.05) is 0 Å². The average molecular weight is 234 g/mol. The van der Waals surface area contributed by atoms with E-state index in [0.29, 0.717) is 11.4 Å². The topological polar surface area (TPSA) is 108 Å². The predicted molar refractivity (Wildman–Crippen MR) is 61.5 cm³/mol. The van der Waals surface area contributed by atoms with Crippen LogP contribution in [0, 0.1) is 21.4 Å². The molecule has 2 N–H and O–H groups in total. The third-order valence-electron chi connectivity index (χ3n) is 2.00. The average Bonchev–Trinajstić information content (AvgIpc) is 2.29. The Morgan fingerprint density at radius 2 is 2.24 bits per heavy atom. The monoisotopic (exact) mass is 234 g/mol. The molecule has 88 valence electrons. The molecule has 0 aromatic heterocycles. The van der Waals surface area contributed by atoms with Gasteiger partial charge < -0.3 is 10.6 Å². The Morgan fingerprint density at radius 1 is 1.53 bits per heavy atom. The molecule has 0 unspecified atom stereocenters. The Morgan fingerprint density at radius 3 is 2.76 bits per heavy atom. The van der Waals surface area contributed by atoms with Gasteiger partial charge in [0.25, 0.3) is 5.69 Å². The van der Waals surface area contributed by atoms with Crippen LogP contribution < -0.4 is 10.6 Å². The number of benzene rings is 1. The van der Waals surface area contributed by atoms with E-state index in [-0.39, 0.29) is 12.1 Å². The zero-order valence-electron chi connectivity index (χ0n) is 9.06. The molecule has 0 bridgehead atoms. The van der Waals surface area contributed by atoms with Crippen LogP contribution in [0.1, 0.15) is 6.42 Å². The number of hydrogen-bond donors (Lipinski definition) is 2. The normalized spacial score (nSPS) is 9.18. The summed E-state index contributed by atoms with van der Waals surface area (Å²) in [6.45, 7) is 0. The van der Waals surface area contributed by atoms with E-state index in [0.717, 1.165) is 0 Å². The Balaban J connectivity index is 2.97. The molecule has 1 aromatic rings. The van der Waals surface area contributed by atoms with E-state index < -0.39 is 10.8 Å². The number of nitriles is 1. The first kappa shape index (κ1) is 12.4. The second-order valence-electron chi connectivity index (χ2n) is 3.12. The lowest BCUT2D eigenvalue weighted by Crippen LogP contribution is -2.11. The maximum absolute atomic E-state index is 11.2. The van der Waals surface area contributed by atoms with Crippen LogP contribution in [-0.2, 0) is 4.79 Å². The molecule has 0 heterocycles. The maximum Gasteiger partial charge on any atom is 0.271 e. The smallest absolute Gasteiger partial charge is 0.271 e. The highest BCUT2D eigenvalue weighted by Gasteiger charge is 2.11. The summed E-state index contributed by atoms with van der Waals surface area (Å²) in [5, 5.41) is 24.1. The van der Waals surface area contributed by atoms with Crippen molar-refractivity contribution in [3.05, 3.63) is 28.3 Å². The van der Waals surface area contributed by atoms with E-state index >= 15 is 0 Å². The minimum Gasteiger partial charge on any atom is -0.386 e. The molecule has 0 radical (unpaired) electrons. The van der Waals surface area contributed by atoms with Crippen molar-refractivity contribution in [1.29, 1.82) is 5.26 Å². The van der Waals surface area contributed by atoms with E-state index in [2.05, 4.69) is 10.6 Å². The van der Waals surface area contributed by atoms with E-state index in [1.807, 2.05) is 0 Å². The molecule has 7 nitrogen and oxygen atoms in total. The zero-order valence-corrected chi connectivity index (χ0v) is 9.06.